The van der Waals surface area contributed by atoms with E-state index in [-0.39, 0.29) is 5.91 Å². The maximum atomic E-state index is 12.8. The number of nitrogens with one attached hydrogen (secondary N) is 1. The number of halogens is 2. The van der Waals surface area contributed by atoms with Crippen LogP contribution < -0.4 is 5.32 Å². The summed E-state index contributed by atoms with van der Waals surface area (Å²) < 4.78 is 0.782. The van der Waals surface area contributed by atoms with Crippen molar-refractivity contribution in [1.82, 2.24) is 10.2 Å². The Hall–Kier alpha value is -0.580. The summed E-state index contributed by atoms with van der Waals surface area (Å²) in [4.78, 5) is 14.9. The molecule has 1 atom stereocenters. The molecule has 2 fully saturated rings. The van der Waals surface area contributed by atoms with Gasteiger partial charge in [0.05, 0.1) is 5.02 Å². The predicted octanol–water partition coefficient (Wildman–Crippen LogP) is 3.71. The molecule has 114 valence electrons. The number of hydrogen-bond acceptors (Lipinski definition) is 2. The first kappa shape index (κ1) is 15.3. The van der Waals surface area contributed by atoms with Crippen LogP contribution in [0.4, 0.5) is 0 Å². The molecule has 3 rings (SSSR count). The molecule has 1 N–H and O–H groups in total. The molecule has 1 heterocycles. The number of carbonyl (C=O) groups is 1. The second-order valence-corrected chi connectivity index (χ2v) is 7.29. The van der Waals surface area contributed by atoms with E-state index in [4.69, 9.17) is 11.6 Å². The molecule has 1 saturated heterocycles. The molecule has 0 radical (unpaired) electrons. The van der Waals surface area contributed by atoms with Crippen LogP contribution in [-0.2, 0) is 0 Å². The number of rotatable bonds is 4. The predicted molar refractivity (Wildman–Crippen MR) is 88.8 cm³/mol. The Labute approximate surface area is 139 Å². The number of benzene rings is 1. The van der Waals surface area contributed by atoms with Crippen LogP contribution in [0.5, 0.6) is 0 Å². The van der Waals surface area contributed by atoms with Gasteiger partial charge >= 0.3 is 0 Å². The van der Waals surface area contributed by atoms with E-state index in [1.807, 2.05) is 12.1 Å². The normalized spacial score (nSPS) is 22.1. The largest absolute Gasteiger partial charge is 0.335 e. The molecule has 1 saturated carbocycles. The fourth-order valence-corrected chi connectivity index (χ4v) is 3.43. The molecule has 1 aliphatic heterocycles. The molecular weight excluding hydrogens is 352 g/mol. The van der Waals surface area contributed by atoms with Crippen molar-refractivity contribution in [2.24, 2.45) is 5.92 Å². The quantitative estimate of drug-likeness (QED) is 0.875. The number of amides is 1. The van der Waals surface area contributed by atoms with E-state index >= 15 is 0 Å². The van der Waals surface area contributed by atoms with Gasteiger partial charge in [-0.2, -0.15) is 0 Å². The van der Waals surface area contributed by atoms with E-state index < -0.39 is 0 Å². The van der Waals surface area contributed by atoms with Crippen molar-refractivity contribution in [3.8, 4) is 0 Å². The third-order valence-electron chi connectivity index (χ3n) is 4.27. The van der Waals surface area contributed by atoms with Crippen molar-refractivity contribution < 1.29 is 4.79 Å². The summed E-state index contributed by atoms with van der Waals surface area (Å²) in [6, 6.07) is 5.88. The number of carbonyl (C=O) groups excluding carboxylic acids is 1. The number of hydrogen-bond donors (Lipinski definition) is 1. The van der Waals surface area contributed by atoms with Gasteiger partial charge in [0.1, 0.15) is 0 Å². The fraction of sp³-hybridized carbons (Fsp3) is 0.562. The zero-order valence-electron chi connectivity index (χ0n) is 11.9. The average molecular weight is 372 g/mol. The van der Waals surface area contributed by atoms with Gasteiger partial charge in [-0.05, 0) is 78.8 Å². The van der Waals surface area contributed by atoms with Gasteiger partial charge in [-0.15, -0.1) is 0 Å². The Balaban J connectivity index is 1.73. The van der Waals surface area contributed by atoms with E-state index in [0.29, 0.717) is 17.0 Å². The number of piperidine rings is 1. The maximum Gasteiger partial charge on any atom is 0.254 e. The van der Waals surface area contributed by atoms with Gasteiger partial charge in [0.25, 0.3) is 5.91 Å². The molecule has 1 aliphatic carbocycles. The Morgan fingerprint density at radius 2 is 2.19 bits per heavy atom. The van der Waals surface area contributed by atoms with Crippen LogP contribution in [0.25, 0.3) is 0 Å². The standard InChI is InChI=1S/C16H20BrClN2O/c17-14-8-12(3-6-15(14)18)16(21)20(13-4-5-13)10-11-2-1-7-19-9-11/h3,6,8,11,13,19H,1-2,4-5,7,9-10H2. The summed E-state index contributed by atoms with van der Waals surface area (Å²) in [6.45, 7) is 3.01. The fourth-order valence-electron chi connectivity index (χ4n) is 2.94. The highest BCUT2D eigenvalue weighted by atomic mass is 79.9. The maximum absolute atomic E-state index is 12.8. The van der Waals surface area contributed by atoms with E-state index in [1.165, 1.54) is 12.8 Å². The zero-order chi connectivity index (χ0) is 14.8. The minimum absolute atomic E-state index is 0.139. The second kappa shape index (κ2) is 6.67. The van der Waals surface area contributed by atoms with Crippen molar-refractivity contribution in [2.45, 2.75) is 31.7 Å². The SMILES string of the molecule is O=C(c1ccc(Cl)c(Br)c1)N(CC1CCCNC1)C1CC1. The van der Waals surface area contributed by atoms with Crippen LogP contribution in [-0.4, -0.2) is 36.5 Å². The molecule has 2 aliphatic rings. The van der Waals surface area contributed by atoms with Gasteiger partial charge in [0.15, 0.2) is 0 Å². The molecule has 0 aromatic heterocycles. The lowest BCUT2D eigenvalue weighted by atomic mass is 9.98. The topological polar surface area (TPSA) is 32.3 Å². The van der Waals surface area contributed by atoms with Crippen LogP contribution in [0, 0.1) is 5.92 Å². The van der Waals surface area contributed by atoms with E-state index in [2.05, 4.69) is 26.1 Å². The van der Waals surface area contributed by atoms with Crippen molar-refractivity contribution in [2.75, 3.05) is 19.6 Å². The van der Waals surface area contributed by atoms with Crippen molar-refractivity contribution in [1.29, 1.82) is 0 Å². The first-order valence-electron chi connectivity index (χ1n) is 7.62. The lowest BCUT2D eigenvalue weighted by molar-refractivity contribution is 0.0704. The average Bonchev–Trinajstić information content (AvgIpc) is 3.33. The van der Waals surface area contributed by atoms with Gasteiger partial charge in [-0.25, -0.2) is 0 Å². The summed E-state index contributed by atoms with van der Waals surface area (Å²) in [5, 5.41) is 4.07. The summed E-state index contributed by atoms with van der Waals surface area (Å²) in [5.74, 6) is 0.722. The zero-order valence-corrected chi connectivity index (χ0v) is 14.3. The number of nitrogens with zero attached hydrogens (tertiary/aromatic N) is 1. The third-order valence-corrected chi connectivity index (χ3v) is 5.48. The summed E-state index contributed by atoms with van der Waals surface area (Å²) >= 11 is 9.42. The van der Waals surface area contributed by atoms with E-state index in [1.54, 1.807) is 6.07 Å². The van der Waals surface area contributed by atoms with Gasteiger partial charge in [0.2, 0.25) is 0 Å². The molecule has 0 bridgehead atoms. The Morgan fingerprint density at radius 3 is 2.81 bits per heavy atom. The van der Waals surface area contributed by atoms with Gasteiger partial charge in [0, 0.05) is 22.6 Å². The van der Waals surface area contributed by atoms with Crippen LogP contribution in [0.1, 0.15) is 36.0 Å². The minimum atomic E-state index is 0.139. The smallest absolute Gasteiger partial charge is 0.254 e. The Kier molecular flexibility index (Phi) is 4.87. The van der Waals surface area contributed by atoms with Gasteiger partial charge in [-0.1, -0.05) is 11.6 Å². The summed E-state index contributed by atoms with van der Waals surface area (Å²) in [5.41, 5.74) is 0.724. The molecule has 21 heavy (non-hydrogen) atoms. The van der Waals surface area contributed by atoms with Crippen LogP contribution in [0.2, 0.25) is 5.02 Å². The van der Waals surface area contributed by atoms with Gasteiger partial charge in [-0.3, -0.25) is 4.79 Å². The van der Waals surface area contributed by atoms with E-state index in [0.717, 1.165) is 42.5 Å². The monoisotopic (exact) mass is 370 g/mol. The van der Waals surface area contributed by atoms with Gasteiger partial charge < -0.3 is 10.2 Å². The first-order valence-corrected chi connectivity index (χ1v) is 8.79. The highest BCUT2D eigenvalue weighted by Gasteiger charge is 2.34. The molecule has 0 spiro atoms. The van der Waals surface area contributed by atoms with Crippen LogP contribution >= 0.6 is 27.5 Å². The molecule has 1 aromatic rings. The Morgan fingerprint density at radius 1 is 1.38 bits per heavy atom. The van der Waals surface area contributed by atoms with E-state index in [9.17, 15) is 4.79 Å². The lowest BCUT2D eigenvalue weighted by Crippen LogP contribution is -2.42. The molecule has 1 unspecified atom stereocenters. The molecule has 1 amide bonds. The second-order valence-electron chi connectivity index (χ2n) is 6.03. The highest BCUT2D eigenvalue weighted by molar-refractivity contribution is 9.10. The van der Waals surface area contributed by atoms with Crippen molar-refractivity contribution in [3.05, 3.63) is 33.3 Å². The minimum Gasteiger partial charge on any atom is -0.335 e. The van der Waals surface area contributed by atoms with Crippen molar-refractivity contribution >= 4 is 33.4 Å². The highest BCUT2D eigenvalue weighted by Crippen LogP contribution is 2.31. The lowest BCUT2D eigenvalue weighted by Gasteiger charge is -2.30. The van der Waals surface area contributed by atoms with Crippen molar-refractivity contribution in [3.63, 3.8) is 0 Å². The summed E-state index contributed by atoms with van der Waals surface area (Å²) in [7, 11) is 0. The summed E-state index contributed by atoms with van der Waals surface area (Å²) in [6.07, 6.45) is 4.71. The molecule has 3 nitrogen and oxygen atoms in total. The Bertz CT molecular complexity index is 527. The first-order chi connectivity index (χ1) is 10.1. The van der Waals surface area contributed by atoms with Crippen LogP contribution in [0.3, 0.4) is 0 Å². The third kappa shape index (κ3) is 3.79. The molecule has 1 aromatic carbocycles. The molecular formula is C16H20BrClN2O. The molecule has 5 heteroatoms. The van der Waals surface area contributed by atoms with Crippen LogP contribution in [0.15, 0.2) is 22.7 Å².